The largest absolute Gasteiger partial charge is 0.481 e. The summed E-state index contributed by atoms with van der Waals surface area (Å²) in [5, 5.41) is 9.30. The van der Waals surface area contributed by atoms with Crippen LogP contribution < -0.4 is 0 Å². The van der Waals surface area contributed by atoms with Crippen LogP contribution in [-0.4, -0.2) is 29.1 Å². The van der Waals surface area contributed by atoms with Gasteiger partial charge in [0.1, 0.15) is 0 Å². The Morgan fingerprint density at radius 1 is 1.15 bits per heavy atom. The van der Waals surface area contributed by atoms with E-state index in [2.05, 4.69) is 36.9 Å². The van der Waals surface area contributed by atoms with E-state index in [1.165, 1.54) is 42.4 Å². The molecule has 0 radical (unpaired) electrons. The van der Waals surface area contributed by atoms with Gasteiger partial charge in [-0.2, -0.15) is 0 Å². The molecule has 0 aliphatic carbocycles. The first kappa shape index (κ1) is 15.0. The number of aliphatic carboxylic acids is 1. The van der Waals surface area contributed by atoms with Gasteiger partial charge in [-0.05, 0) is 56.5 Å². The minimum absolute atomic E-state index is 0.0202. The van der Waals surface area contributed by atoms with Crippen molar-refractivity contribution in [3.8, 4) is 0 Å². The highest BCUT2D eigenvalue weighted by molar-refractivity contribution is 5.68. The number of hydrogen-bond acceptors (Lipinski definition) is 2. The summed E-state index contributed by atoms with van der Waals surface area (Å²) in [5.41, 5.74) is 3.64. The van der Waals surface area contributed by atoms with Gasteiger partial charge in [-0.25, -0.2) is 0 Å². The molecular weight excluding hydrogens is 250 g/mol. The fraction of sp³-hybridized carbons (Fsp3) is 0.588. The Bertz CT molecular complexity index is 442. The lowest BCUT2D eigenvalue weighted by Gasteiger charge is -2.32. The molecule has 1 saturated heterocycles. The standard InChI is InChI=1S/C17H25NO2/c1-13-8-7-9-14(2)17(13)15(12-16(19)20)18-10-5-3-4-6-11-18/h7-9,15H,3-6,10-12H2,1-2H3,(H,19,20). The number of carboxylic acids is 1. The van der Waals surface area contributed by atoms with E-state index in [0.29, 0.717) is 0 Å². The van der Waals surface area contributed by atoms with Crippen LogP contribution in [0.15, 0.2) is 18.2 Å². The van der Waals surface area contributed by atoms with E-state index in [4.69, 9.17) is 0 Å². The lowest BCUT2D eigenvalue weighted by atomic mass is 9.92. The second kappa shape index (κ2) is 6.89. The van der Waals surface area contributed by atoms with E-state index in [1.807, 2.05) is 0 Å². The highest BCUT2D eigenvalue weighted by Crippen LogP contribution is 2.31. The maximum atomic E-state index is 11.3. The van der Waals surface area contributed by atoms with Gasteiger partial charge in [0.25, 0.3) is 0 Å². The normalized spacial score (nSPS) is 18.5. The van der Waals surface area contributed by atoms with Crippen LogP contribution >= 0.6 is 0 Å². The summed E-state index contributed by atoms with van der Waals surface area (Å²) in [5.74, 6) is -0.707. The SMILES string of the molecule is Cc1cccc(C)c1C(CC(=O)O)N1CCCCCC1. The molecule has 20 heavy (non-hydrogen) atoms. The summed E-state index contributed by atoms with van der Waals surface area (Å²) in [7, 11) is 0. The summed E-state index contributed by atoms with van der Waals surface area (Å²) in [6.07, 6.45) is 5.10. The van der Waals surface area contributed by atoms with Crippen molar-refractivity contribution in [2.75, 3.05) is 13.1 Å². The molecule has 3 nitrogen and oxygen atoms in total. The molecule has 1 aliphatic rings. The molecule has 0 saturated carbocycles. The second-order valence-corrected chi connectivity index (χ2v) is 5.87. The number of carbonyl (C=O) groups is 1. The third kappa shape index (κ3) is 3.60. The lowest BCUT2D eigenvalue weighted by molar-refractivity contribution is -0.138. The Labute approximate surface area is 121 Å². The predicted molar refractivity (Wildman–Crippen MR) is 81.0 cm³/mol. The molecule has 3 heteroatoms. The third-order valence-corrected chi connectivity index (χ3v) is 4.32. The lowest BCUT2D eigenvalue weighted by Crippen LogP contribution is -2.32. The van der Waals surface area contributed by atoms with Crippen molar-refractivity contribution >= 4 is 5.97 Å². The van der Waals surface area contributed by atoms with Gasteiger partial charge in [0.05, 0.1) is 6.42 Å². The predicted octanol–water partition coefficient (Wildman–Crippen LogP) is 3.70. The van der Waals surface area contributed by atoms with Crippen molar-refractivity contribution in [1.29, 1.82) is 0 Å². The molecule has 1 aromatic carbocycles. The van der Waals surface area contributed by atoms with Crippen LogP contribution in [0.2, 0.25) is 0 Å². The van der Waals surface area contributed by atoms with E-state index < -0.39 is 5.97 Å². The highest BCUT2D eigenvalue weighted by Gasteiger charge is 2.26. The topological polar surface area (TPSA) is 40.5 Å². The van der Waals surface area contributed by atoms with Crippen molar-refractivity contribution in [1.82, 2.24) is 4.90 Å². The molecule has 1 unspecified atom stereocenters. The number of likely N-dealkylation sites (tertiary alicyclic amines) is 1. The van der Waals surface area contributed by atoms with Gasteiger partial charge in [-0.15, -0.1) is 0 Å². The first-order valence-corrected chi connectivity index (χ1v) is 7.61. The molecule has 0 amide bonds. The van der Waals surface area contributed by atoms with Gasteiger partial charge in [0, 0.05) is 6.04 Å². The van der Waals surface area contributed by atoms with Crippen LogP contribution in [0.1, 0.15) is 54.8 Å². The zero-order chi connectivity index (χ0) is 14.5. The molecule has 2 rings (SSSR count). The van der Waals surface area contributed by atoms with Crippen molar-refractivity contribution in [3.05, 3.63) is 34.9 Å². The van der Waals surface area contributed by atoms with Crippen molar-refractivity contribution < 1.29 is 9.90 Å². The van der Waals surface area contributed by atoms with Gasteiger partial charge in [-0.3, -0.25) is 9.69 Å². The van der Waals surface area contributed by atoms with Crippen LogP contribution in [0.25, 0.3) is 0 Å². The van der Waals surface area contributed by atoms with Crippen LogP contribution in [0.3, 0.4) is 0 Å². The average Bonchev–Trinajstić information content (AvgIpc) is 2.65. The van der Waals surface area contributed by atoms with Gasteiger partial charge in [0.2, 0.25) is 0 Å². The van der Waals surface area contributed by atoms with E-state index in [0.717, 1.165) is 13.1 Å². The molecular formula is C17H25NO2. The van der Waals surface area contributed by atoms with E-state index in [1.54, 1.807) is 0 Å². The molecule has 0 aromatic heterocycles. The average molecular weight is 275 g/mol. The number of aryl methyl sites for hydroxylation is 2. The molecule has 1 heterocycles. The zero-order valence-corrected chi connectivity index (χ0v) is 12.6. The Morgan fingerprint density at radius 3 is 2.20 bits per heavy atom. The number of hydrogen-bond donors (Lipinski definition) is 1. The Kier molecular flexibility index (Phi) is 5.18. The van der Waals surface area contributed by atoms with Crippen LogP contribution in [0.5, 0.6) is 0 Å². The van der Waals surface area contributed by atoms with E-state index in [9.17, 15) is 9.90 Å². The van der Waals surface area contributed by atoms with E-state index >= 15 is 0 Å². The number of rotatable bonds is 4. The Balaban J connectivity index is 2.33. The molecule has 110 valence electrons. The summed E-state index contributed by atoms with van der Waals surface area (Å²) in [6, 6.07) is 6.25. The maximum Gasteiger partial charge on any atom is 0.305 e. The molecule has 1 aliphatic heterocycles. The van der Waals surface area contributed by atoms with E-state index in [-0.39, 0.29) is 12.5 Å². The van der Waals surface area contributed by atoms with Crippen LogP contribution in [0.4, 0.5) is 0 Å². The highest BCUT2D eigenvalue weighted by atomic mass is 16.4. The summed E-state index contributed by atoms with van der Waals surface area (Å²) < 4.78 is 0. The quantitative estimate of drug-likeness (QED) is 0.911. The number of benzene rings is 1. The van der Waals surface area contributed by atoms with Gasteiger partial charge in [0.15, 0.2) is 0 Å². The molecule has 0 spiro atoms. The maximum absolute atomic E-state index is 11.3. The summed E-state index contributed by atoms with van der Waals surface area (Å²) in [4.78, 5) is 13.7. The smallest absolute Gasteiger partial charge is 0.305 e. The minimum atomic E-state index is -0.707. The minimum Gasteiger partial charge on any atom is -0.481 e. The van der Waals surface area contributed by atoms with Crippen molar-refractivity contribution in [2.24, 2.45) is 0 Å². The van der Waals surface area contributed by atoms with Gasteiger partial charge in [-0.1, -0.05) is 31.0 Å². The molecule has 1 atom stereocenters. The monoisotopic (exact) mass is 275 g/mol. The third-order valence-electron chi connectivity index (χ3n) is 4.32. The van der Waals surface area contributed by atoms with Crippen molar-refractivity contribution in [3.63, 3.8) is 0 Å². The van der Waals surface area contributed by atoms with Crippen LogP contribution in [0, 0.1) is 13.8 Å². The van der Waals surface area contributed by atoms with Gasteiger partial charge >= 0.3 is 5.97 Å². The summed E-state index contributed by atoms with van der Waals surface area (Å²) >= 11 is 0. The van der Waals surface area contributed by atoms with Crippen molar-refractivity contribution in [2.45, 2.75) is 52.0 Å². The fourth-order valence-corrected chi connectivity index (χ4v) is 3.34. The molecule has 0 bridgehead atoms. The second-order valence-electron chi connectivity index (χ2n) is 5.87. The Hall–Kier alpha value is -1.35. The first-order chi connectivity index (χ1) is 9.59. The fourth-order valence-electron chi connectivity index (χ4n) is 3.34. The molecule has 1 aromatic rings. The zero-order valence-electron chi connectivity index (χ0n) is 12.6. The first-order valence-electron chi connectivity index (χ1n) is 7.61. The number of carboxylic acid groups (broad SMARTS) is 1. The molecule has 1 N–H and O–H groups in total. The van der Waals surface area contributed by atoms with Gasteiger partial charge < -0.3 is 5.11 Å². The Morgan fingerprint density at radius 2 is 1.70 bits per heavy atom. The summed E-state index contributed by atoms with van der Waals surface area (Å²) in [6.45, 7) is 6.22. The number of nitrogens with zero attached hydrogens (tertiary/aromatic N) is 1. The molecule has 1 fully saturated rings. The van der Waals surface area contributed by atoms with Crippen LogP contribution in [-0.2, 0) is 4.79 Å².